The molecule has 4 heteroatoms. The number of nitrogens with one attached hydrogen (secondary N) is 2. The molecule has 1 aliphatic heterocycles. The molecule has 0 aliphatic carbocycles. The van der Waals surface area contributed by atoms with E-state index in [0.29, 0.717) is 6.42 Å². The molecule has 0 unspecified atom stereocenters. The summed E-state index contributed by atoms with van der Waals surface area (Å²) in [6.45, 7) is 7.39. The fourth-order valence-electron chi connectivity index (χ4n) is 3.14. The maximum Gasteiger partial charge on any atom is 0.220 e. The molecule has 0 saturated carbocycles. The van der Waals surface area contributed by atoms with Crippen LogP contribution in [0.4, 0.5) is 0 Å². The van der Waals surface area contributed by atoms with Crippen molar-refractivity contribution in [1.29, 1.82) is 0 Å². The molecule has 0 radical (unpaired) electrons. The predicted octanol–water partition coefficient (Wildman–Crippen LogP) is 3.57. The summed E-state index contributed by atoms with van der Waals surface area (Å²) in [6, 6.07) is 10.5. The van der Waals surface area contributed by atoms with Crippen molar-refractivity contribution in [3.8, 4) is 0 Å². The molecule has 23 heavy (non-hydrogen) atoms. The van der Waals surface area contributed by atoms with Crippen LogP contribution in [-0.2, 0) is 11.2 Å². The number of hydrogen-bond acceptors (Lipinski definition) is 2. The minimum absolute atomic E-state index is 0. The topological polar surface area (TPSA) is 41.1 Å². The molecule has 1 fully saturated rings. The number of hydrogen-bond donors (Lipinski definition) is 2. The Labute approximate surface area is 147 Å². The molecule has 1 aliphatic rings. The highest BCUT2D eigenvalue weighted by molar-refractivity contribution is 5.85. The van der Waals surface area contributed by atoms with Crippen molar-refractivity contribution in [3.63, 3.8) is 0 Å². The molecule has 1 saturated heterocycles. The van der Waals surface area contributed by atoms with Crippen LogP contribution in [0.25, 0.3) is 0 Å². The number of benzene rings is 1. The van der Waals surface area contributed by atoms with E-state index in [1.165, 1.54) is 18.4 Å². The van der Waals surface area contributed by atoms with Gasteiger partial charge in [-0.3, -0.25) is 4.79 Å². The van der Waals surface area contributed by atoms with Gasteiger partial charge in [0.15, 0.2) is 0 Å². The molecule has 2 N–H and O–H groups in total. The fourth-order valence-corrected chi connectivity index (χ4v) is 3.14. The number of halogens is 1. The van der Waals surface area contributed by atoms with Crippen LogP contribution in [0.15, 0.2) is 30.3 Å². The fraction of sp³-hybridized carbons (Fsp3) is 0.632. The molecule has 0 spiro atoms. The number of carbonyl (C=O) groups is 1. The van der Waals surface area contributed by atoms with E-state index < -0.39 is 0 Å². The molecule has 2 rings (SSSR count). The van der Waals surface area contributed by atoms with Gasteiger partial charge < -0.3 is 10.6 Å². The molecule has 130 valence electrons. The Hall–Kier alpha value is -1.06. The highest BCUT2D eigenvalue weighted by Gasteiger charge is 2.20. The van der Waals surface area contributed by atoms with Crippen LogP contribution in [0.2, 0.25) is 0 Å². The Morgan fingerprint density at radius 3 is 2.52 bits per heavy atom. The predicted molar refractivity (Wildman–Crippen MR) is 99.0 cm³/mol. The van der Waals surface area contributed by atoms with Gasteiger partial charge in [-0.15, -0.1) is 12.4 Å². The van der Waals surface area contributed by atoms with Gasteiger partial charge in [-0.25, -0.2) is 0 Å². The third kappa shape index (κ3) is 7.85. The van der Waals surface area contributed by atoms with Crippen LogP contribution >= 0.6 is 12.4 Å². The van der Waals surface area contributed by atoms with Crippen molar-refractivity contribution in [2.75, 3.05) is 19.6 Å². The smallest absolute Gasteiger partial charge is 0.220 e. The Kier molecular flexibility index (Phi) is 8.64. The summed E-state index contributed by atoms with van der Waals surface area (Å²) in [6.07, 6.45) is 5.13. The summed E-state index contributed by atoms with van der Waals surface area (Å²) in [7, 11) is 0. The second-order valence-electron chi connectivity index (χ2n) is 7.34. The lowest BCUT2D eigenvalue weighted by molar-refractivity contribution is -0.121. The first-order chi connectivity index (χ1) is 10.6. The first-order valence-corrected chi connectivity index (χ1v) is 8.56. The molecular formula is C19H31ClN2O. The lowest BCUT2D eigenvalue weighted by Crippen LogP contribution is -2.35. The highest BCUT2D eigenvalue weighted by atomic mass is 35.5. The minimum Gasteiger partial charge on any atom is -0.356 e. The summed E-state index contributed by atoms with van der Waals surface area (Å²) in [4.78, 5) is 12.1. The van der Waals surface area contributed by atoms with Crippen LogP contribution in [0.1, 0.15) is 45.1 Å². The van der Waals surface area contributed by atoms with Gasteiger partial charge in [-0.2, -0.15) is 0 Å². The van der Waals surface area contributed by atoms with Crippen molar-refractivity contribution >= 4 is 18.3 Å². The maximum absolute atomic E-state index is 12.1. The van der Waals surface area contributed by atoms with E-state index in [1.807, 2.05) is 6.07 Å². The van der Waals surface area contributed by atoms with Crippen molar-refractivity contribution in [2.24, 2.45) is 11.3 Å². The minimum atomic E-state index is 0. The second kappa shape index (κ2) is 9.94. The molecular weight excluding hydrogens is 308 g/mol. The Balaban J connectivity index is 0.00000264. The van der Waals surface area contributed by atoms with Crippen LogP contribution in [0.3, 0.4) is 0 Å². The molecule has 1 heterocycles. The van der Waals surface area contributed by atoms with Crippen molar-refractivity contribution in [2.45, 2.75) is 46.0 Å². The number of carbonyl (C=O) groups excluding carboxylic acids is 1. The van der Waals surface area contributed by atoms with Crippen LogP contribution in [0.5, 0.6) is 0 Å². The lowest BCUT2D eigenvalue weighted by atomic mass is 9.85. The van der Waals surface area contributed by atoms with Gasteiger partial charge in [0.1, 0.15) is 0 Å². The van der Waals surface area contributed by atoms with Crippen molar-refractivity contribution in [1.82, 2.24) is 10.6 Å². The van der Waals surface area contributed by atoms with Gasteiger partial charge in [-0.05, 0) is 55.7 Å². The zero-order valence-electron chi connectivity index (χ0n) is 14.4. The summed E-state index contributed by atoms with van der Waals surface area (Å²) in [5, 5.41) is 6.50. The van der Waals surface area contributed by atoms with Crippen molar-refractivity contribution < 1.29 is 4.79 Å². The van der Waals surface area contributed by atoms with Crippen LogP contribution < -0.4 is 10.6 Å². The van der Waals surface area contributed by atoms with Gasteiger partial charge in [0.25, 0.3) is 0 Å². The number of rotatable bonds is 7. The van der Waals surface area contributed by atoms with E-state index in [2.05, 4.69) is 48.7 Å². The first-order valence-electron chi connectivity index (χ1n) is 8.56. The summed E-state index contributed by atoms with van der Waals surface area (Å²) < 4.78 is 0. The zero-order chi connectivity index (χ0) is 15.8. The molecule has 0 atom stereocenters. The maximum atomic E-state index is 12.1. The number of amides is 1. The lowest BCUT2D eigenvalue weighted by Gasteiger charge is -2.26. The molecule has 1 aromatic carbocycles. The quantitative estimate of drug-likeness (QED) is 0.798. The molecule has 0 bridgehead atoms. The average molecular weight is 339 g/mol. The van der Waals surface area contributed by atoms with Gasteiger partial charge in [0.05, 0.1) is 0 Å². The molecule has 1 amide bonds. The largest absolute Gasteiger partial charge is 0.356 e. The normalized spacial score (nSPS) is 15.7. The van der Waals surface area contributed by atoms with Crippen LogP contribution in [-0.4, -0.2) is 25.5 Å². The third-order valence-electron chi connectivity index (χ3n) is 4.53. The van der Waals surface area contributed by atoms with E-state index in [-0.39, 0.29) is 23.7 Å². The van der Waals surface area contributed by atoms with Crippen LogP contribution in [0, 0.1) is 11.3 Å². The standard InChI is InChI=1S/C19H30N2O.ClH/c1-19(2,14-17-6-4-3-5-7-17)15-21-18(22)9-8-16-10-12-20-13-11-16;/h3-7,16,20H,8-15H2,1-2H3,(H,21,22);1H. The Morgan fingerprint density at radius 1 is 1.22 bits per heavy atom. The van der Waals surface area contributed by atoms with Gasteiger partial charge >= 0.3 is 0 Å². The van der Waals surface area contributed by atoms with Gasteiger partial charge in [0.2, 0.25) is 5.91 Å². The summed E-state index contributed by atoms with van der Waals surface area (Å²) in [5.74, 6) is 0.934. The van der Waals surface area contributed by atoms with E-state index >= 15 is 0 Å². The van der Waals surface area contributed by atoms with E-state index in [1.54, 1.807) is 0 Å². The second-order valence-corrected chi connectivity index (χ2v) is 7.34. The molecule has 1 aromatic rings. The Bertz CT molecular complexity index is 456. The summed E-state index contributed by atoms with van der Waals surface area (Å²) in [5.41, 5.74) is 1.42. The van der Waals surface area contributed by atoms with E-state index in [9.17, 15) is 4.79 Å². The zero-order valence-corrected chi connectivity index (χ0v) is 15.3. The first kappa shape index (κ1) is 20.0. The highest BCUT2D eigenvalue weighted by Crippen LogP contribution is 2.21. The SMILES string of the molecule is CC(C)(CNC(=O)CCC1CCNCC1)Cc1ccccc1.Cl. The third-order valence-corrected chi connectivity index (χ3v) is 4.53. The van der Waals surface area contributed by atoms with Gasteiger partial charge in [-0.1, -0.05) is 44.2 Å². The van der Waals surface area contributed by atoms with E-state index in [0.717, 1.165) is 38.4 Å². The van der Waals surface area contributed by atoms with E-state index in [4.69, 9.17) is 0 Å². The monoisotopic (exact) mass is 338 g/mol. The molecule has 0 aromatic heterocycles. The molecule has 3 nitrogen and oxygen atoms in total. The summed E-state index contributed by atoms with van der Waals surface area (Å²) >= 11 is 0. The van der Waals surface area contributed by atoms with Crippen molar-refractivity contribution in [3.05, 3.63) is 35.9 Å². The number of piperidine rings is 1. The average Bonchev–Trinajstić information content (AvgIpc) is 2.53. The Morgan fingerprint density at radius 2 is 1.87 bits per heavy atom. The van der Waals surface area contributed by atoms with Gasteiger partial charge in [0, 0.05) is 13.0 Å².